The van der Waals surface area contributed by atoms with E-state index in [1.165, 1.54) is 50.5 Å². The van der Waals surface area contributed by atoms with Gasteiger partial charge in [-0.1, -0.05) is 45.7 Å². The summed E-state index contributed by atoms with van der Waals surface area (Å²) in [4.78, 5) is 0. The van der Waals surface area contributed by atoms with Gasteiger partial charge in [0.05, 0.1) is 7.11 Å². The summed E-state index contributed by atoms with van der Waals surface area (Å²) in [5, 5.41) is 0. The summed E-state index contributed by atoms with van der Waals surface area (Å²) in [7, 11) is 1.80. The molecule has 2 rings (SSSR count). The Morgan fingerprint density at radius 2 is 1.82 bits per heavy atom. The third-order valence-corrected chi connectivity index (χ3v) is 5.54. The van der Waals surface area contributed by atoms with Crippen molar-refractivity contribution in [2.24, 2.45) is 11.8 Å². The Morgan fingerprint density at radius 1 is 1.09 bits per heavy atom. The lowest BCUT2D eigenvalue weighted by atomic mass is 9.74. The van der Waals surface area contributed by atoms with E-state index >= 15 is 0 Å². The van der Waals surface area contributed by atoms with Gasteiger partial charge in [-0.25, -0.2) is 0 Å². The van der Waals surface area contributed by atoms with Crippen LogP contribution < -0.4 is 4.74 Å². The number of ether oxygens (including phenoxy) is 1. The highest BCUT2D eigenvalue weighted by molar-refractivity contribution is 5.39. The Bertz CT molecular complexity index is 441. The number of unbranched alkanes of at least 4 members (excludes halogenated alkanes) is 2. The summed E-state index contributed by atoms with van der Waals surface area (Å²) in [6, 6.07) is 6.95. The van der Waals surface area contributed by atoms with Gasteiger partial charge in [-0.05, 0) is 73.5 Å². The van der Waals surface area contributed by atoms with E-state index in [9.17, 15) is 0 Å². The van der Waals surface area contributed by atoms with E-state index in [0.29, 0.717) is 0 Å². The lowest BCUT2D eigenvalue weighted by Gasteiger charge is -2.31. The van der Waals surface area contributed by atoms with Gasteiger partial charge in [-0.3, -0.25) is 0 Å². The van der Waals surface area contributed by atoms with Crippen molar-refractivity contribution >= 4 is 0 Å². The zero-order valence-electron chi connectivity index (χ0n) is 15.0. The van der Waals surface area contributed by atoms with Gasteiger partial charge >= 0.3 is 0 Å². The van der Waals surface area contributed by atoms with Crippen LogP contribution in [0.5, 0.6) is 5.75 Å². The summed E-state index contributed by atoms with van der Waals surface area (Å²) in [6.07, 6.45) is 10.6. The van der Waals surface area contributed by atoms with Crippen LogP contribution in [0.2, 0.25) is 0 Å². The number of rotatable bonds is 7. The molecule has 0 aromatic heterocycles. The van der Waals surface area contributed by atoms with Crippen molar-refractivity contribution in [2.45, 2.75) is 78.1 Å². The van der Waals surface area contributed by atoms with Crippen LogP contribution in [0.3, 0.4) is 0 Å². The van der Waals surface area contributed by atoms with Crippen molar-refractivity contribution in [3.63, 3.8) is 0 Å². The number of benzene rings is 1. The average Bonchev–Trinajstić information content (AvgIpc) is 2.55. The Morgan fingerprint density at radius 3 is 2.41 bits per heavy atom. The first-order chi connectivity index (χ1) is 10.7. The fourth-order valence-electron chi connectivity index (χ4n) is 3.93. The average molecular weight is 303 g/mol. The van der Waals surface area contributed by atoms with Crippen molar-refractivity contribution in [1.82, 2.24) is 0 Å². The molecule has 1 aromatic carbocycles. The molecule has 1 saturated carbocycles. The number of hydrogen-bond acceptors (Lipinski definition) is 1. The van der Waals surface area contributed by atoms with E-state index in [-0.39, 0.29) is 0 Å². The van der Waals surface area contributed by atoms with E-state index in [4.69, 9.17) is 4.74 Å². The van der Waals surface area contributed by atoms with E-state index in [2.05, 4.69) is 39.0 Å². The van der Waals surface area contributed by atoms with Crippen molar-refractivity contribution in [1.29, 1.82) is 0 Å². The first kappa shape index (κ1) is 17.4. The minimum atomic E-state index is 0.769. The lowest BCUT2D eigenvalue weighted by molar-refractivity contribution is 0.258. The van der Waals surface area contributed by atoms with Gasteiger partial charge < -0.3 is 4.74 Å². The number of methoxy groups -OCH3 is 1. The zero-order chi connectivity index (χ0) is 15.9. The molecule has 1 heteroatoms. The summed E-state index contributed by atoms with van der Waals surface area (Å²) in [5.74, 6) is 3.64. The maximum Gasteiger partial charge on any atom is 0.122 e. The topological polar surface area (TPSA) is 9.23 Å². The highest BCUT2D eigenvalue weighted by Crippen LogP contribution is 2.39. The smallest absolute Gasteiger partial charge is 0.122 e. The zero-order valence-corrected chi connectivity index (χ0v) is 15.0. The molecule has 1 fully saturated rings. The summed E-state index contributed by atoms with van der Waals surface area (Å²) in [6.45, 7) is 7.02. The monoisotopic (exact) mass is 302 g/mol. The molecule has 124 valence electrons. The van der Waals surface area contributed by atoms with Crippen LogP contribution in [0, 0.1) is 11.8 Å². The standard InChI is InChI=1S/C21H34O/c1-5-6-7-8-20-15-19(13-14-21(20)22-4)18-11-9-17(10-12-18)16(2)3/h13-18H,5-12H2,1-4H3/t17-,18-. The largest absolute Gasteiger partial charge is 0.496 e. The second-order valence-corrected chi connectivity index (χ2v) is 7.38. The molecule has 22 heavy (non-hydrogen) atoms. The Hall–Kier alpha value is -0.980. The first-order valence-corrected chi connectivity index (χ1v) is 9.32. The van der Waals surface area contributed by atoms with Gasteiger partial charge in [0.15, 0.2) is 0 Å². The van der Waals surface area contributed by atoms with E-state index in [1.807, 2.05) is 0 Å². The maximum atomic E-state index is 5.57. The van der Waals surface area contributed by atoms with Gasteiger partial charge in [0, 0.05) is 0 Å². The lowest BCUT2D eigenvalue weighted by Crippen LogP contribution is -2.17. The maximum absolute atomic E-state index is 5.57. The van der Waals surface area contributed by atoms with Crippen LogP contribution >= 0.6 is 0 Å². The first-order valence-electron chi connectivity index (χ1n) is 9.32. The van der Waals surface area contributed by atoms with Crippen LogP contribution in [0.4, 0.5) is 0 Å². The van der Waals surface area contributed by atoms with Gasteiger partial charge in [-0.15, -0.1) is 0 Å². The molecule has 0 bridgehead atoms. The molecular weight excluding hydrogens is 268 g/mol. The van der Waals surface area contributed by atoms with Gasteiger partial charge in [0.2, 0.25) is 0 Å². The third-order valence-electron chi connectivity index (χ3n) is 5.54. The molecular formula is C21H34O. The minimum Gasteiger partial charge on any atom is -0.496 e. The molecule has 0 saturated heterocycles. The highest BCUT2D eigenvalue weighted by atomic mass is 16.5. The van der Waals surface area contributed by atoms with Crippen LogP contribution in [-0.4, -0.2) is 7.11 Å². The third kappa shape index (κ3) is 4.51. The van der Waals surface area contributed by atoms with Gasteiger partial charge in [0.1, 0.15) is 5.75 Å². The molecule has 1 aliphatic carbocycles. The van der Waals surface area contributed by atoms with Crippen molar-refractivity contribution in [2.75, 3.05) is 7.11 Å². The van der Waals surface area contributed by atoms with Gasteiger partial charge in [0.25, 0.3) is 0 Å². The van der Waals surface area contributed by atoms with E-state index in [0.717, 1.165) is 29.9 Å². The van der Waals surface area contributed by atoms with Crippen molar-refractivity contribution < 1.29 is 4.74 Å². The minimum absolute atomic E-state index is 0.769. The molecule has 0 unspecified atom stereocenters. The molecule has 0 amide bonds. The number of hydrogen-bond donors (Lipinski definition) is 0. The molecule has 1 aromatic rings. The molecule has 0 radical (unpaired) electrons. The molecule has 0 atom stereocenters. The molecule has 0 spiro atoms. The summed E-state index contributed by atoms with van der Waals surface area (Å²) >= 11 is 0. The second-order valence-electron chi connectivity index (χ2n) is 7.38. The van der Waals surface area contributed by atoms with Crippen LogP contribution in [-0.2, 0) is 6.42 Å². The van der Waals surface area contributed by atoms with E-state index < -0.39 is 0 Å². The van der Waals surface area contributed by atoms with Gasteiger partial charge in [-0.2, -0.15) is 0 Å². The Kier molecular flexibility index (Phi) is 6.79. The van der Waals surface area contributed by atoms with Crippen molar-refractivity contribution in [3.8, 4) is 5.75 Å². The van der Waals surface area contributed by atoms with E-state index in [1.54, 1.807) is 12.7 Å². The number of aryl methyl sites for hydroxylation is 1. The Balaban J connectivity index is 2.03. The van der Waals surface area contributed by atoms with Crippen molar-refractivity contribution in [3.05, 3.63) is 29.3 Å². The molecule has 0 heterocycles. The fraction of sp³-hybridized carbons (Fsp3) is 0.714. The quantitative estimate of drug-likeness (QED) is 0.533. The molecule has 1 nitrogen and oxygen atoms in total. The van der Waals surface area contributed by atoms with Crippen LogP contribution in [0.1, 0.15) is 82.8 Å². The predicted molar refractivity (Wildman–Crippen MR) is 95.8 cm³/mol. The highest BCUT2D eigenvalue weighted by Gasteiger charge is 2.24. The fourth-order valence-corrected chi connectivity index (χ4v) is 3.93. The second kappa shape index (κ2) is 8.60. The normalized spacial score (nSPS) is 22.0. The molecule has 1 aliphatic rings. The Labute approximate surface area is 137 Å². The molecule has 0 aliphatic heterocycles. The SMILES string of the molecule is CCCCCc1cc([C@H]2CC[C@H](C(C)C)CC2)ccc1OC. The van der Waals surface area contributed by atoms with Crippen LogP contribution in [0.25, 0.3) is 0 Å². The predicted octanol–water partition coefficient (Wildman–Crippen LogP) is 6.36. The molecule has 0 N–H and O–H groups in total. The summed E-state index contributed by atoms with van der Waals surface area (Å²) < 4.78 is 5.57. The summed E-state index contributed by atoms with van der Waals surface area (Å²) in [5.41, 5.74) is 2.97. The van der Waals surface area contributed by atoms with Crippen LogP contribution in [0.15, 0.2) is 18.2 Å².